The normalized spacial score (nSPS) is 15.6. The zero-order valence-corrected chi connectivity index (χ0v) is 12.3. The van der Waals surface area contributed by atoms with Gasteiger partial charge < -0.3 is 0 Å². The van der Waals surface area contributed by atoms with Crippen molar-refractivity contribution in [3.8, 4) is 0 Å². The third-order valence-electron chi connectivity index (χ3n) is 3.38. The molecule has 0 unspecified atom stereocenters. The second kappa shape index (κ2) is 5.24. The number of hydrogen-bond donors (Lipinski definition) is 0. The number of carbonyl (C=O) groups excluding carboxylic acids is 2. The van der Waals surface area contributed by atoms with E-state index in [1.165, 1.54) is 24.3 Å². The van der Waals surface area contributed by atoms with Gasteiger partial charge in [-0.15, -0.1) is 0 Å². The van der Waals surface area contributed by atoms with Crippen LogP contribution in [0.1, 0.15) is 20.7 Å². The molecule has 0 aromatic heterocycles. The molecule has 5 nitrogen and oxygen atoms in total. The SMILES string of the molecule is O=C(CN1C(=O)c2ccccc2S1(=O)=O)c1cc(F)cc(F)c1. The summed E-state index contributed by atoms with van der Waals surface area (Å²) in [7, 11) is -4.14. The van der Waals surface area contributed by atoms with E-state index < -0.39 is 39.9 Å². The van der Waals surface area contributed by atoms with Gasteiger partial charge in [-0.25, -0.2) is 21.5 Å². The number of hydrogen-bond acceptors (Lipinski definition) is 4. The Labute approximate surface area is 130 Å². The predicted molar refractivity (Wildman–Crippen MR) is 75.4 cm³/mol. The Hall–Kier alpha value is -2.61. The maximum Gasteiger partial charge on any atom is 0.269 e. The summed E-state index contributed by atoms with van der Waals surface area (Å²) in [6, 6.07) is 7.70. The minimum absolute atomic E-state index is 0.0364. The topological polar surface area (TPSA) is 71.5 Å². The first-order valence-electron chi connectivity index (χ1n) is 6.46. The van der Waals surface area contributed by atoms with Gasteiger partial charge in [-0.3, -0.25) is 9.59 Å². The number of carbonyl (C=O) groups is 2. The molecule has 0 saturated carbocycles. The fourth-order valence-electron chi connectivity index (χ4n) is 2.32. The number of Topliss-reactive ketones (excluding diaryl/α,β-unsaturated/α-hetero) is 1. The van der Waals surface area contributed by atoms with Crippen molar-refractivity contribution in [2.45, 2.75) is 4.90 Å². The first-order chi connectivity index (χ1) is 10.8. The van der Waals surface area contributed by atoms with Crippen molar-refractivity contribution < 1.29 is 26.8 Å². The standard InChI is InChI=1S/C15H9F2NO4S/c16-10-5-9(6-11(17)7-10)13(19)8-18-15(20)12-3-1-2-4-14(12)23(18,21)22/h1-7H,8H2. The molecule has 2 aromatic rings. The monoisotopic (exact) mass is 337 g/mol. The Morgan fingerprint density at radius 1 is 1.04 bits per heavy atom. The average molecular weight is 337 g/mol. The van der Waals surface area contributed by atoms with Crippen molar-refractivity contribution in [2.24, 2.45) is 0 Å². The maximum atomic E-state index is 13.2. The molecule has 0 spiro atoms. The highest BCUT2D eigenvalue weighted by atomic mass is 32.2. The Bertz CT molecular complexity index is 920. The van der Waals surface area contributed by atoms with Gasteiger partial charge in [-0.05, 0) is 24.3 Å². The third-order valence-corrected chi connectivity index (χ3v) is 5.17. The van der Waals surface area contributed by atoms with Gasteiger partial charge in [-0.1, -0.05) is 12.1 Å². The van der Waals surface area contributed by atoms with Crippen LogP contribution in [0.3, 0.4) is 0 Å². The molecule has 1 aliphatic heterocycles. The molecule has 2 aromatic carbocycles. The summed E-state index contributed by atoms with van der Waals surface area (Å²) >= 11 is 0. The minimum atomic E-state index is -4.14. The number of fused-ring (bicyclic) bond motifs is 1. The summed E-state index contributed by atoms with van der Waals surface area (Å²) in [5.74, 6) is -3.65. The van der Waals surface area contributed by atoms with Crippen LogP contribution in [0.2, 0.25) is 0 Å². The highest BCUT2D eigenvalue weighted by Crippen LogP contribution is 2.30. The molecule has 0 atom stereocenters. The summed E-state index contributed by atoms with van der Waals surface area (Å²) in [4.78, 5) is 24.1. The molecule has 0 fully saturated rings. The molecule has 0 radical (unpaired) electrons. The van der Waals surface area contributed by atoms with Crippen LogP contribution in [-0.4, -0.2) is 31.0 Å². The molecule has 1 aliphatic rings. The van der Waals surface area contributed by atoms with Crippen LogP contribution in [-0.2, 0) is 10.0 Å². The molecule has 0 aliphatic carbocycles. The summed E-state index contributed by atoms with van der Waals surface area (Å²) in [6.45, 7) is -0.821. The van der Waals surface area contributed by atoms with Gasteiger partial charge in [0.2, 0.25) is 0 Å². The van der Waals surface area contributed by atoms with Crippen LogP contribution >= 0.6 is 0 Å². The molecule has 0 bridgehead atoms. The number of amides is 1. The molecular weight excluding hydrogens is 328 g/mol. The fourth-order valence-corrected chi connectivity index (χ4v) is 3.85. The molecule has 0 N–H and O–H groups in total. The highest BCUT2D eigenvalue weighted by molar-refractivity contribution is 7.90. The lowest BCUT2D eigenvalue weighted by atomic mass is 10.1. The summed E-state index contributed by atoms with van der Waals surface area (Å²) in [5, 5.41) is 0. The smallest absolute Gasteiger partial charge is 0.269 e. The number of rotatable bonds is 3. The van der Waals surface area contributed by atoms with Crippen LogP contribution in [0.15, 0.2) is 47.4 Å². The molecular formula is C15H9F2NO4S. The molecule has 1 amide bonds. The van der Waals surface area contributed by atoms with E-state index in [0.717, 1.165) is 12.1 Å². The predicted octanol–water partition coefficient (Wildman–Crippen LogP) is 1.99. The van der Waals surface area contributed by atoms with Crippen LogP contribution < -0.4 is 0 Å². The van der Waals surface area contributed by atoms with Gasteiger partial charge in [0.1, 0.15) is 23.1 Å². The van der Waals surface area contributed by atoms with Crippen molar-refractivity contribution in [3.63, 3.8) is 0 Å². The van der Waals surface area contributed by atoms with E-state index in [4.69, 9.17) is 0 Å². The number of halogens is 2. The van der Waals surface area contributed by atoms with Crippen LogP contribution in [0.4, 0.5) is 8.78 Å². The van der Waals surface area contributed by atoms with E-state index >= 15 is 0 Å². The van der Waals surface area contributed by atoms with E-state index in [0.29, 0.717) is 10.4 Å². The zero-order valence-electron chi connectivity index (χ0n) is 11.5. The van der Waals surface area contributed by atoms with Crippen molar-refractivity contribution in [1.29, 1.82) is 0 Å². The molecule has 23 heavy (non-hydrogen) atoms. The summed E-state index contributed by atoms with van der Waals surface area (Å²) in [5.41, 5.74) is -0.382. The molecule has 0 saturated heterocycles. The lowest BCUT2D eigenvalue weighted by molar-refractivity contribution is 0.0820. The summed E-state index contributed by atoms with van der Waals surface area (Å²) < 4.78 is 51.3. The van der Waals surface area contributed by atoms with Gasteiger partial charge >= 0.3 is 0 Å². The quantitative estimate of drug-likeness (QED) is 0.803. The van der Waals surface area contributed by atoms with E-state index in [2.05, 4.69) is 0 Å². The molecule has 118 valence electrons. The van der Waals surface area contributed by atoms with E-state index in [1.54, 1.807) is 0 Å². The minimum Gasteiger partial charge on any atom is -0.292 e. The molecule has 3 rings (SSSR count). The van der Waals surface area contributed by atoms with E-state index in [-0.39, 0.29) is 16.0 Å². The fraction of sp³-hybridized carbons (Fsp3) is 0.0667. The van der Waals surface area contributed by atoms with E-state index in [1.807, 2.05) is 0 Å². The molecule has 8 heteroatoms. The number of ketones is 1. The largest absolute Gasteiger partial charge is 0.292 e. The number of sulfonamides is 1. The lowest BCUT2D eigenvalue weighted by Gasteiger charge is -2.14. The van der Waals surface area contributed by atoms with Gasteiger partial charge in [0.15, 0.2) is 5.78 Å². The first kappa shape index (κ1) is 15.3. The Kier molecular flexibility index (Phi) is 3.48. The molecule has 1 heterocycles. The number of benzene rings is 2. The lowest BCUT2D eigenvalue weighted by Crippen LogP contribution is -2.35. The van der Waals surface area contributed by atoms with Crippen LogP contribution in [0.5, 0.6) is 0 Å². The second-order valence-electron chi connectivity index (χ2n) is 4.89. The highest BCUT2D eigenvalue weighted by Gasteiger charge is 2.41. The Morgan fingerprint density at radius 3 is 2.26 bits per heavy atom. The summed E-state index contributed by atoms with van der Waals surface area (Å²) in [6.07, 6.45) is 0. The van der Waals surface area contributed by atoms with E-state index in [9.17, 15) is 26.8 Å². The van der Waals surface area contributed by atoms with Crippen LogP contribution in [0, 0.1) is 11.6 Å². The zero-order chi connectivity index (χ0) is 16.8. The van der Waals surface area contributed by atoms with Crippen molar-refractivity contribution in [2.75, 3.05) is 6.54 Å². The van der Waals surface area contributed by atoms with Crippen molar-refractivity contribution in [3.05, 3.63) is 65.2 Å². The Morgan fingerprint density at radius 2 is 1.65 bits per heavy atom. The third kappa shape index (κ3) is 2.50. The Balaban J connectivity index is 1.95. The van der Waals surface area contributed by atoms with Gasteiger partial charge in [-0.2, -0.15) is 0 Å². The van der Waals surface area contributed by atoms with Crippen molar-refractivity contribution >= 4 is 21.7 Å². The van der Waals surface area contributed by atoms with Gasteiger partial charge in [0.25, 0.3) is 15.9 Å². The number of nitrogens with zero attached hydrogens (tertiary/aromatic N) is 1. The van der Waals surface area contributed by atoms with Crippen LogP contribution in [0.25, 0.3) is 0 Å². The average Bonchev–Trinajstić information content (AvgIpc) is 2.68. The first-order valence-corrected chi connectivity index (χ1v) is 7.90. The van der Waals surface area contributed by atoms with Gasteiger partial charge in [0.05, 0.1) is 5.56 Å². The maximum absolute atomic E-state index is 13.2. The van der Waals surface area contributed by atoms with Crippen molar-refractivity contribution in [1.82, 2.24) is 4.31 Å². The van der Waals surface area contributed by atoms with Gasteiger partial charge in [0, 0.05) is 11.6 Å². The second-order valence-corrected chi connectivity index (χ2v) is 6.73.